The molecular formula is C19H19N5O3. The predicted molar refractivity (Wildman–Crippen MR) is 102 cm³/mol. The molecule has 0 radical (unpaired) electrons. The summed E-state index contributed by atoms with van der Waals surface area (Å²) in [5.41, 5.74) is 1.86. The minimum atomic E-state index is -0.318. The van der Waals surface area contributed by atoms with Gasteiger partial charge in [-0.05, 0) is 32.1 Å². The van der Waals surface area contributed by atoms with Gasteiger partial charge in [-0.1, -0.05) is 12.6 Å². The van der Waals surface area contributed by atoms with Gasteiger partial charge < -0.3 is 20.4 Å². The van der Waals surface area contributed by atoms with Crippen LogP contribution in [0, 0.1) is 0 Å². The number of anilines is 1. The van der Waals surface area contributed by atoms with E-state index in [1.165, 1.54) is 12.3 Å². The van der Waals surface area contributed by atoms with Gasteiger partial charge >= 0.3 is 0 Å². The highest BCUT2D eigenvalue weighted by atomic mass is 16.5. The van der Waals surface area contributed by atoms with Gasteiger partial charge in [0.15, 0.2) is 5.65 Å². The van der Waals surface area contributed by atoms with Crippen molar-refractivity contribution in [1.29, 1.82) is 0 Å². The van der Waals surface area contributed by atoms with Gasteiger partial charge in [-0.2, -0.15) is 0 Å². The first-order chi connectivity index (χ1) is 13.0. The molecule has 0 aliphatic carbocycles. The Morgan fingerprint density at radius 3 is 2.89 bits per heavy atom. The Morgan fingerprint density at radius 2 is 2.15 bits per heavy atom. The van der Waals surface area contributed by atoms with Gasteiger partial charge in [-0.3, -0.25) is 9.59 Å². The predicted octanol–water partition coefficient (Wildman–Crippen LogP) is 3.01. The molecule has 0 aliphatic heterocycles. The normalized spacial score (nSPS) is 10.6. The first kappa shape index (κ1) is 18.1. The number of carbonyl (C=O) groups excluding carboxylic acids is 2. The van der Waals surface area contributed by atoms with E-state index in [4.69, 9.17) is 4.74 Å². The van der Waals surface area contributed by atoms with Crippen molar-refractivity contribution in [3.05, 3.63) is 54.9 Å². The van der Waals surface area contributed by atoms with Gasteiger partial charge in [-0.15, -0.1) is 0 Å². The molecule has 27 heavy (non-hydrogen) atoms. The number of carbonyl (C=O) groups is 2. The lowest BCUT2D eigenvalue weighted by Crippen LogP contribution is -2.29. The molecule has 2 amide bonds. The Kier molecular flexibility index (Phi) is 5.16. The molecule has 8 heteroatoms. The fourth-order valence-electron chi connectivity index (χ4n) is 2.39. The van der Waals surface area contributed by atoms with Gasteiger partial charge in [0.25, 0.3) is 5.91 Å². The van der Waals surface area contributed by atoms with E-state index in [1.807, 2.05) is 13.8 Å². The van der Waals surface area contributed by atoms with Crippen LogP contribution in [0.1, 0.15) is 24.2 Å². The molecule has 0 aliphatic rings. The topological polar surface area (TPSA) is 109 Å². The van der Waals surface area contributed by atoms with Crippen molar-refractivity contribution in [3.63, 3.8) is 0 Å². The lowest BCUT2D eigenvalue weighted by molar-refractivity contribution is -0.111. The summed E-state index contributed by atoms with van der Waals surface area (Å²) in [6.45, 7) is 7.17. The molecule has 2 aromatic heterocycles. The minimum Gasteiger partial charge on any atom is -0.437 e. The number of hydrogen-bond acceptors (Lipinski definition) is 5. The highest BCUT2D eigenvalue weighted by molar-refractivity contribution is 6.04. The van der Waals surface area contributed by atoms with E-state index in [1.54, 1.807) is 30.5 Å². The van der Waals surface area contributed by atoms with Crippen LogP contribution >= 0.6 is 0 Å². The van der Waals surface area contributed by atoms with Crippen molar-refractivity contribution in [1.82, 2.24) is 20.3 Å². The lowest BCUT2D eigenvalue weighted by atomic mass is 10.2. The molecule has 0 saturated carbocycles. The molecule has 0 spiro atoms. The number of nitrogens with one attached hydrogen (secondary N) is 3. The monoisotopic (exact) mass is 365 g/mol. The van der Waals surface area contributed by atoms with Crippen LogP contribution in [0.15, 0.2) is 49.3 Å². The summed E-state index contributed by atoms with van der Waals surface area (Å²) in [5, 5.41) is 5.48. The van der Waals surface area contributed by atoms with Crippen LogP contribution in [-0.2, 0) is 4.79 Å². The van der Waals surface area contributed by atoms with E-state index in [0.29, 0.717) is 28.2 Å². The number of ether oxygens (including phenoxy) is 1. The summed E-state index contributed by atoms with van der Waals surface area (Å²) >= 11 is 0. The van der Waals surface area contributed by atoms with Gasteiger partial charge in [0, 0.05) is 24.0 Å². The van der Waals surface area contributed by atoms with E-state index in [-0.39, 0.29) is 23.7 Å². The number of aromatic amines is 1. The summed E-state index contributed by atoms with van der Waals surface area (Å²) in [6.07, 6.45) is 4.21. The highest BCUT2D eigenvalue weighted by Crippen LogP contribution is 2.24. The van der Waals surface area contributed by atoms with E-state index in [0.717, 1.165) is 0 Å². The summed E-state index contributed by atoms with van der Waals surface area (Å²) in [4.78, 5) is 35.2. The average molecular weight is 365 g/mol. The number of hydrogen-bond donors (Lipinski definition) is 3. The van der Waals surface area contributed by atoms with Crippen LogP contribution in [0.5, 0.6) is 11.6 Å². The maximum Gasteiger partial charge on any atom is 0.255 e. The molecule has 0 unspecified atom stereocenters. The number of aromatic nitrogens is 3. The molecule has 8 nitrogen and oxygen atoms in total. The molecule has 138 valence electrons. The van der Waals surface area contributed by atoms with Crippen LogP contribution in [0.3, 0.4) is 0 Å². The number of fused-ring (bicyclic) bond motifs is 1. The molecule has 2 heterocycles. The summed E-state index contributed by atoms with van der Waals surface area (Å²) in [5.74, 6) is 0.139. The fourth-order valence-corrected chi connectivity index (χ4v) is 2.39. The number of amides is 2. The number of benzene rings is 1. The summed E-state index contributed by atoms with van der Waals surface area (Å²) in [7, 11) is 0. The Hall–Kier alpha value is -3.68. The van der Waals surface area contributed by atoms with Crippen molar-refractivity contribution >= 4 is 28.7 Å². The van der Waals surface area contributed by atoms with Crippen molar-refractivity contribution in [2.45, 2.75) is 19.9 Å². The van der Waals surface area contributed by atoms with Crippen molar-refractivity contribution < 1.29 is 14.3 Å². The third-order valence-corrected chi connectivity index (χ3v) is 3.53. The van der Waals surface area contributed by atoms with Crippen molar-refractivity contribution in [2.24, 2.45) is 0 Å². The highest BCUT2D eigenvalue weighted by Gasteiger charge is 2.16. The first-order valence-corrected chi connectivity index (χ1v) is 8.32. The van der Waals surface area contributed by atoms with Crippen LogP contribution in [0.2, 0.25) is 0 Å². The van der Waals surface area contributed by atoms with Crippen molar-refractivity contribution in [2.75, 3.05) is 5.32 Å². The zero-order valence-corrected chi connectivity index (χ0v) is 14.9. The maximum atomic E-state index is 12.3. The molecule has 0 saturated heterocycles. The zero-order chi connectivity index (χ0) is 19.4. The van der Waals surface area contributed by atoms with E-state index < -0.39 is 0 Å². The number of nitrogens with zero attached hydrogens (tertiary/aromatic N) is 2. The zero-order valence-electron chi connectivity index (χ0n) is 14.9. The smallest absolute Gasteiger partial charge is 0.255 e. The molecule has 0 fully saturated rings. The van der Waals surface area contributed by atoms with Crippen molar-refractivity contribution in [3.8, 4) is 11.6 Å². The van der Waals surface area contributed by atoms with E-state index in [9.17, 15) is 9.59 Å². The average Bonchev–Trinajstić information content (AvgIpc) is 3.04. The Morgan fingerprint density at radius 1 is 1.33 bits per heavy atom. The molecule has 0 bridgehead atoms. The second-order valence-corrected chi connectivity index (χ2v) is 6.06. The molecule has 1 aromatic carbocycles. The largest absolute Gasteiger partial charge is 0.437 e. The SMILES string of the molecule is C=CC(=O)Nc1cccc(Oc2cnc3[nH]cc(C(=O)NC(C)C)c3n2)c1. The first-order valence-electron chi connectivity index (χ1n) is 8.32. The standard InChI is InChI=1S/C19H19N5O3/c1-4-15(25)23-12-6-5-7-13(8-12)27-16-10-21-18-17(24-16)14(9-20-18)19(26)22-11(2)3/h4-11H,1H2,2-3H3,(H,20,21)(H,22,26)(H,23,25). The molecular weight excluding hydrogens is 346 g/mol. The van der Waals surface area contributed by atoms with Crippen LogP contribution in [0.4, 0.5) is 5.69 Å². The second kappa shape index (κ2) is 7.69. The lowest BCUT2D eigenvalue weighted by Gasteiger charge is -2.08. The van der Waals surface area contributed by atoms with E-state index in [2.05, 4.69) is 32.2 Å². The molecule has 3 N–H and O–H groups in total. The van der Waals surface area contributed by atoms with Gasteiger partial charge in [0.1, 0.15) is 11.3 Å². The van der Waals surface area contributed by atoms with Crippen LogP contribution in [-0.4, -0.2) is 32.8 Å². The van der Waals surface area contributed by atoms with Crippen LogP contribution in [0.25, 0.3) is 11.2 Å². The quantitative estimate of drug-likeness (QED) is 0.582. The minimum absolute atomic E-state index is 0.00311. The molecule has 3 rings (SSSR count). The third kappa shape index (κ3) is 4.30. The summed E-state index contributed by atoms with van der Waals surface area (Å²) < 4.78 is 5.73. The molecule has 0 atom stereocenters. The molecule has 3 aromatic rings. The maximum absolute atomic E-state index is 12.3. The van der Waals surface area contributed by atoms with E-state index >= 15 is 0 Å². The third-order valence-electron chi connectivity index (χ3n) is 3.53. The Labute approximate surface area is 155 Å². The fraction of sp³-hybridized carbons (Fsp3) is 0.158. The second-order valence-electron chi connectivity index (χ2n) is 6.06. The van der Waals surface area contributed by atoms with Crippen LogP contribution < -0.4 is 15.4 Å². The number of rotatable bonds is 6. The van der Waals surface area contributed by atoms with Gasteiger partial charge in [0.05, 0.1) is 11.8 Å². The van der Waals surface area contributed by atoms with Gasteiger partial charge in [-0.25, -0.2) is 9.97 Å². The van der Waals surface area contributed by atoms with Gasteiger partial charge in [0.2, 0.25) is 11.8 Å². The Balaban J connectivity index is 1.85. The number of H-pyrrole nitrogens is 1. The Bertz CT molecular complexity index is 1010. The summed E-state index contributed by atoms with van der Waals surface area (Å²) in [6, 6.07) is 6.83.